The highest BCUT2D eigenvalue weighted by Crippen LogP contribution is 2.34. The Balaban J connectivity index is 1.43. The maximum absolute atomic E-state index is 13.6. The first kappa shape index (κ1) is 23.5. The fourth-order valence-electron chi connectivity index (χ4n) is 4.86. The van der Waals surface area contributed by atoms with Gasteiger partial charge in [-0.3, -0.25) is 14.4 Å². The van der Waals surface area contributed by atoms with Crippen molar-refractivity contribution in [2.24, 2.45) is 0 Å². The second-order valence-corrected chi connectivity index (χ2v) is 9.13. The predicted octanol–water partition coefficient (Wildman–Crippen LogP) is 3.36. The SMILES string of the molecule is CN1CC(=O)N2C[C@H](NC(=O)c3cccc(F)c3)C[C@H]2COc2ccccc2-c2ccccc2C1=O. The molecule has 0 aliphatic carbocycles. The molecule has 0 spiro atoms. The number of ether oxygens (including phenoxy) is 1. The molecule has 3 amide bonds. The average Bonchev–Trinajstić information content (AvgIpc) is 3.29. The molecule has 2 atom stereocenters. The van der Waals surface area contributed by atoms with E-state index in [1.165, 1.54) is 23.1 Å². The van der Waals surface area contributed by atoms with Crippen LogP contribution in [0.5, 0.6) is 5.75 Å². The smallest absolute Gasteiger partial charge is 0.254 e. The van der Waals surface area contributed by atoms with E-state index in [0.717, 1.165) is 11.1 Å². The van der Waals surface area contributed by atoms with Crippen LogP contribution in [0.25, 0.3) is 11.1 Å². The van der Waals surface area contributed by atoms with Crippen molar-refractivity contribution in [3.8, 4) is 16.9 Å². The highest BCUT2D eigenvalue weighted by molar-refractivity contribution is 6.02. The van der Waals surface area contributed by atoms with E-state index in [0.29, 0.717) is 17.7 Å². The van der Waals surface area contributed by atoms with Crippen LogP contribution in [0, 0.1) is 5.82 Å². The van der Waals surface area contributed by atoms with Gasteiger partial charge >= 0.3 is 0 Å². The fourth-order valence-corrected chi connectivity index (χ4v) is 4.86. The standard InChI is InChI=1S/C28H26FN3O4/c1-31-16-26(33)32-15-20(30-27(34)18-7-6-8-19(29)13-18)14-21(32)17-36-25-12-5-4-10-23(25)22-9-2-3-11-24(22)28(31)35/h2-13,20-21H,14-17H2,1H3,(H,30,34)/t20-,21+/m1/s1. The molecule has 0 bridgehead atoms. The minimum absolute atomic E-state index is 0.101. The molecule has 0 saturated carbocycles. The number of hydrogen-bond donors (Lipinski definition) is 1. The Bertz CT molecular complexity index is 1330. The summed E-state index contributed by atoms with van der Waals surface area (Å²) in [5.74, 6) is -0.774. The van der Waals surface area contributed by atoms with Crippen molar-refractivity contribution >= 4 is 17.7 Å². The number of amides is 3. The van der Waals surface area contributed by atoms with Crippen LogP contribution >= 0.6 is 0 Å². The number of nitrogens with one attached hydrogen (secondary N) is 1. The summed E-state index contributed by atoms with van der Waals surface area (Å²) in [4.78, 5) is 42.4. The zero-order valence-electron chi connectivity index (χ0n) is 19.8. The van der Waals surface area contributed by atoms with Gasteiger partial charge in [0.15, 0.2) is 0 Å². The van der Waals surface area contributed by atoms with E-state index in [-0.39, 0.29) is 49.2 Å². The van der Waals surface area contributed by atoms with Crippen molar-refractivity contribution in [2.45, 2.75) is 18.5 Å². The summed E-state index contributed by atoms with van der Waals surface area (Å²) in [7, 11) is 1.61. The average molecular weight is 488 g/mol. The Labute approximate surface area is 208 Å². The Morgan fingerprint density at radius 3 is 2.47 bits per heavy atom. The zero-order chi connectivity index (χ0) is 25.2. The molecule has 36 heavy (non-hydrogen) atoms. The molecule has 0 aromatic heterocycles. The normalized spacial score (nSPS) is 19.8. The molecule has 1 fully saturated rings. The number of carbonyl (C=O) groups excluding carboxylic acids is 3. The Morgan fingerprint density at radius 2 is 1.69 bits per heavy atom. The fraction of sp³-hybridized carbons (Fsp3) is 0.250. The third-order valence-electron chi connectivity index (χ3n) is 6.64. The van der Waals surface area contributed by atoms with Gasteiger partial charge in [0, 0.05) is 36.3 Å². The first-order chi connectivity index (χ1) is 17.4. The van der Waals surface area contributed by atoms with Gasteiger partial charge in [-0.15, -0.1) is 0 Å². The van der Waals surface area contributed by atoms with Gasteiger partial charge in [-0.05, 0) is 42.3 Å². The zero-order valence-corrected chi connectivity index (χ0v) is 19.8. The summed E-state index contributed by atoms with van der Waals surface area (Å²) in [6.07, 6.45) is 0.475. The van der Waals surface area contributed by atoms with Crippen LogP contribution in [-0.4, -0.2) is 66.3 Å². The van der Waals surface area contributed by atoms with Gasteiger partial charge < -0.3 is 19.9 Å². The molecule has 1 saturated heterocycles. The summed E-state index contributed by atoms with van der Waals surface area (Å²) in [6.45, 7) is 0.402. The van der Waals surface area contributed by atoms with E-state index in [4.69, 9.17) is 4.74 Å². The molecular weight excluding hydrogens is 461 g/mol. The summed E-state index contributed by atoms with van der Waals surface area (Å²) < 4.78 is 19.8. The number of fused-ring (bicyclic) bond motifs is 4. The number of hydrogen-bond acceptors (Lipinski definition) is 4. The minimum Gasteiger partial charge on any atom is -0.491 e. The van der Waals surface area contributed by atoms with Crippen molar-refractivity contribution in [1.29, 1.82) is 0 Å². The highest BCUT2D eigenvalue weighted by Gasteiger charge is 2.37. The van der Waals surface area contributed by atoms with E-state index >= 15 is 0 Å². The highest BCUT2D eigenvalue weighted by atomic mass is 19.1. The van der Waals surface area contributed by atoms with E-state index in [1.807, 2.05) is 36.4 Å². The maximum Gasteiger partial charge on any atom is 0.254 e. The van der Waals surface area contributed by atoms with Crippen LogP contribution in [0.4, 0.5) is 4.39 Å². The number of benzene rings is 3. The van der Waals surface area contributed by atoms with Gasteiger partial charge in [0.1, 0.15) is 18.2 Å². The number of para-hydroxylation sites is 1. The lowest BCUT2D eigenvalue weighted by Gasteiger charge is -2.28. The molecule has 8 heteroatoms. The Morgan fingerprint density at radius 1 is 0.972 bits per heavy atom. The van der Waals surface area contributed by atoms with Crippen LogP contribution in [0.15, 0.2) is 72.8 Å². The van der Waals surface area contributed by atoms with Crippen LogP contribution < -0.4 is 10.1 Å². The topological polar surface area (TPSA) is 79.0 Å². The molecule has 0 unspecified atom stereocenters. The van der Waals surface area contributed by atoms with Gasteiger partial charge in [-0.2, -0.15) is 0 Å². The molecule has 0 radical (unpaired) electrons. The van der Waals surface area contributed by atoms with E-state index in [2.05, 4.69) is 5.32 Å². The van der Waals surface area contributed by atoms with Crippen molar-refractivity contribution in [3.05, 3.63) is 89.7 Å². The molecule has 7 nitrogen and oxygen atoms in total. The molecular formula is C28H26FN3O4. The second kappa shape index (κ2) is 9.81. The maximum atomic E-state index is 13.6. The van der Waals surface area contributed by atoms with Crippen LogP contribution in [0.1, 0.15) is 27.1 Å². The van der Waals surface area contributed by atoms with Crippen molar-refractivity contribution in [2.75, 3.05) is 26.7 Å². The lowest BCUT2D eigenvalue weighted by molar-refractivity contribution is -0.133. The lowest BCUT2D eigenvalue weighted by atomic mass is 9.98. The summed E-state index contributed by atoms with van der Waals surface area (Å²) >= 11 is 0. The summed E-state index contributed by atoms with van der Waals surface area (Å²) in [6, 6.07) is 19.6. The number of likely N-dealkylation sites (N-methyl/N-ethyl adjacent to an activating group) is 1. The molecule has 2 aliphatic rings. The lowest BCUT2D eigenvalue weighted by Crippen LogP contribution is -2.46. The van der Waals surface area contributed by atoms with Gasteiger partial charge in [-0.25, -0.2) is 4.39 Å². The molecule has 5 rings (SSSR count). The summed E-state index contributed by atoms with van der Waals surface area (Å²) in [5.41, 5.74) is 2.24. The van der Waals surface area contributed by atoms with E-state index in [9.17, 15) is 18.8 Å². The minimum atomic E-state index is -0.491. The number of halogens is 1. The van der Waals surface area contributed by atoms with Crippen LogP contribution in [0.3, 0.4) is 0 Å². The number of rotatable bonds is 2. The molecule has 3 aromatic rings. The quantitative estimate of drug-likeness (QED) is 0.601. The largest absolute Gasteiger partial charge is 0.491 e. The Kier molecular flexibility index (Phi) is 6.41. The van der Waals surface area contributed by atoms with Gasteiger partial charge in [0.25, 0.3) is 11.8 Å². The third kappa shape index (κ3) is 4.66. The molecule has 2 heterocycles. The molecule has 184 valence electrons. The third-order valence-corrected chi connectivity index (χ3v) is 6.64. The Hall–Kier alpha value is -4.20. The number of carbonyl (C=O) groups is 3. The van der Waals surface area contributed by atoms with E-state index in [1.54, 1.807) is 30.1 Å². The second-order valence-electron chi connectivity index (χ2n) is 9.13. The number of nitrogens with zero attached hydrogens (tertiary/aromatic N) is 2. The predicted molar refractivity (Wildman–Crippen MR) is 132 cm³/mol. The molecule has 3 aromatic carbocycles. The van der Waals surface area contributed by atoms with Crippen LogP contribution in [0.2, 0.25) is 0 Å². The van der Waals surface area contributed by atoms with E-state index < -0.39 is 11.7 Å². The van der Waals surface area contributed by atoms with Crippen molar-refractivity contribution in [1.82, 2.24) is 15.1 Å². The van der Waals surface area contributed by atoms with Crippen molar-refractivity contribution < 1.29 is 23.5 Å². The first-order valence-corrected chi connectivity index (χ1v) is 11.8. The van der Waals surface area contributed by atoms with Gasteiger partial charge in [0.05, 0.1) is 12.6 Å². The molecule has 1 N–H and O–H groups in total. The molecule has 2 aliphatic heterocycles. The van der Waals surface area contributed by atoms with Gasteiger partial charge in [-0.1, -0.05) is 42.5 Å². The van der Waals surface area contributed by atoms with Gasteiger partial charge in [0.2, 0.25) is 5.91 Å². The van der Waals surface area contributed by atoms with Crippen LogP contribution in [-0.2, 0) is 4.79 Å². The monoisotopic (exact) mass is 487 g/mol. The summed E-state index contributed by atoms with van der Waals surface area (Å²) in [5, 5.41) is 2.91. The van der Waals surface area contributed by atoms with Crippen molar-refractivity contribution in [3.63, 3.8) is 0 Å². The first-order valence-electron chi connectivity index (χ1n) is 11.8.